The van der Waals surface area contributed by atoms with Crippen LogP contribution in [0.5, 0.6) is 0 Å². The molecular weight excluding hydrogens is 166 g/mol. The monoisotopic (exact) mass is 173 g/mol. The van der Waals surface area contributed by atoms with Crippen molar-refractivity contribution in [3.05, 3.63) is 0 Å². The first-order valence-corrected chi connectivity index (χ1v) is 3.37. The standard InChI is InChI=1S/C2H7NO4S2/c1-4-6-8-3-9-7-5-2/h3H,1-2H3. The largest absolute Gasteiger partial charge is 0.226 e. The molecule has 0 heterocycles. The molecule has 0 spiro atoms. The summed E-state index contributed by atoms with van der Waals surface area (Å²) < 4.78 is 11.2. The normalized spacial score (nSPS) is 10.0. The maximum Gasteiger partial charge on any atom is 0.130 e. The van der Waals surface area contributed by atoms with Crippen molar-refractivity contribution in [1.82, 2.24) is 4.13 Å². The third-order valence-electron chi connectivity index (χ3n) is 0.272. The van der Waals surface area contributed by atoms with Gasteiger partial charge >= 0.3 is 0 Å². The van der Waals surface area contributed by atoms with Crippen LogP contribution < -0.4 is 4.13 Å². The summed E-state index contributed by atoms with van der Waals surface area (Å²) in [4.78, 5) is 8.43. The van der Waals surface area contributed by atoms with Crippen LogP contribution in [0.3, 0.4) is 0 Å². The van der Waals surface area contributed by atoms with Crippen LogP contribution in [0.2, 0.25) is 0 Å². The fourth-order valence-electron chi connectivity index (χ4n) is 0.110. The van der Waals surface area contributed by atoms with Gasteiger partial charge in [-0.15, -0.1) is 8.67 Å². The van der Waals surface area contributed by atoms with E-state index in [9.17, 15) is 0 Å². The van der Waals surface area contributed by atoms with Crippen molar-refractivity contribution in [2.24, 2.45) is 0 Å². The van der Waals surface area contributed by atoms with Crippen LogP contribution in [0, 0.1) is 0 Å². The van der Waals surface area contributed by atoms with Crippen LogP contribution in [0.4, 0.5) is 0 Å². The Morgan fingerprint density at radius 1 is 1.00 bits per heavy atom. The second-order valence-electron chi connectivity index (χ2n) is 0.719. The van der Waals surface area contributed by atoms with Gasteiger partial charge in [0.25, 0.3) is 0 Å². The third kappa shape index (κ3) is 8.50. The van der Waals surface area contributed by atoms with Gasteiger partial charge in [0.05, 0.1) is 14.2 Å². The van der Waals surface area contributed by atoms with E-state index in [2.05, 4.69) is 22.6 Å². The van der Waals surface area contributed by atoms with E-state index in [-0.39, 0.29) is 0 Å². The maximum absolute atomic E-state index is 4.33. The molecule has 56 valence electrons. The van der Waals surface area contributed by atoms with Gasteiger partial charge < -0.3 is 0 Å². The lowest BCUT2D eigenvalue weighted by Crippen LogP contribution is -1.93. The van der Waals surface area contributed by atoms with Crippen molar-refractivity contribution >= 4 is 24.5 Å². The molecule has 0 saturated heterocycles. The van der Waals surface area contributed by atoms with Crippen molar-refractivity contribution < 1.29 is 18.4 Å². The lowest BCUT2D eigenvalue weighted by atomic mass is 11.8. The van der Waals surface area contributed by atoms with E-state index in [1.54, 1.807) is 0 Å². The minimum absolute atomic E-state index is 0.879. The molecule has 0 atom stereocenters. The highest BCUT2D eigenvalue weighted by atomic mass is 32.2. The molecule has 0 aromatic rings. The van der Waals surface area contributed by atoms with Gasteiger partial charge in [-0.25, -0.2) is 9.78 Å². The molecule has 0 rings (SSSR count). The van der Waals surface area contributed by atoms with Crippen LogP contribution in [-0.2, 0) is 18.4 Å². The maximum atomic E-state index is 4.33. The fraction of sp³-hybridized carbons (Fsp3) is 1.00. The van der Waals surface area contributed by atoms with E-state index in [0.29, 0.717) is 0 Å². The average Bonchev–Trinajstić information content (AvgIpc) is 1.89. The average molecular weight is 173 g/mol. The topological polar surface area (TPSA) is 49.0 Å². The molecule has 0 aromatic carbocycles. The van der Waals surface area contributed by atoms with Crippen molar-refractivity contribution in [3.8, 4) is 0 Å². The summed E-state index contributed by atoms with van der Waals surface area (Å²) in [7, 11) is 2.80. The number of hydrogen-bond acceptors (Lipinski definition) is 7. The van der Waals surface area contributed by atoms with Crippen molar-refractivity contribution in [2.45, 2.75) is 0 Å². The summed E-state index contributed by atoms with van der Waals surface area (Å²) in [6, 6.07) is 0. The Kier molecular flexibility index (Phi) is 8.97. The predicted molar refractivity (Wildman–Crippen MR) is 34.5 cm³/mol. The lowest BCUT2D eigenvalue weighted by Gasteiger charge is -1.96. The molecule has 0 saturated carbocycles. The highest BCUT2D eigenvalue weighted by molar-refractivity contribution is 8.08. The Labute approximate surface area is 61.9 Å². The summed E-state index contributed by atoms with van der Waals surface area (Å²) in [5.74, 6) is 0. The molecular formula is C2H7NO4S2. The second kappa shape index (κ2) is 8.50. The van der Waals surface area contributed by atoms with Gasteiger partial charge in [-0.3, -0.25) is 0 Å². The Morgan fingerprint density at radius 3 is 1.78 bits per heavy atom. The van der Waals surface area contributed by atoms with Gasteiger partial charge in [-0.1, -0.05) is 0 Å². The zero-order valence-electron chi connectivity index (χ0n) is 4.95. The van der Waals surface area contributed by atoms with E-state index in [1.807, 2.05) is 0 Å². The molecule has 5 nitrogen and oxygen atoms in total. The molecule has 0 unspecified atom stereocenters. The number of hydrogen-bond donors (Lipinski definition) is 1. The highest BCUT2D eigenvalue weighted by Gasteiger charge is 1.87. The molecule has 0 bridgehead atoms. The van der Waals surface area contributed by atoms with Crippen LogP contribution in [0.25, 0.3) is 0 Å². The van der Waals surface area contributed by atoms with Gasteiger partial charge in [-0.2, -0.15) is 4.13 Å². The zero-order chi connectivity index (χ0) is 6.95. The quantitative estimate of drug-likeness (QED) is 0.210. The molecule has 0 fully saturated rings. The first-order valence-electron chi connectivity index (χ1n) is 1.89. The second-order valence-corrected chi connectivity index (χ2v) is 1.99. The van der Waals surface area contributed by atoms with Gasteiger partial charge in [0.1, 0.15) is 24.5 Å². The Balaban J connectivity index is 2.60. The molecule has 7 heteroatoms. The van der Waals surface area contributed by atoms with Gasteiger partial charge in [0, 0.05) is 0 Å². The number of nitrogens with one attached hydrogen (secondary N) is 1. The van der Waals surface area contributed by atoms with Crippen LogP contribution in [0.1, 0.15) is 0 Å². The Morgan fingerprint density at radius 2 is 1.44 bits per heavy atom. The minimum Gasteiger partial charge on any atom is -0.226 e. The molecule has 0 amide bonds. The molecule has 0 aromatic heterocycles. The van der Waals surface area contributed by atoms with E-state index >= 15 is 0 Å². The molecule has 0 aliphatic carbocycles. The Hall–Kier alpha value is 0.500. The highest BCUT2D eigenvalue weighted by Crippen LogP contribution is 2.04. The van der Waals surface area contributed by atoms with Crippen LogP contribution >= 0.6 is 24.5 Å². The SMILES string of the molecule is COOSNSOOC. The van der Waals surface area contributed by atoms with E-state index in [4.69, 9.17) is 0 Å². The molecule has 9 heavy (non-hydrogen) atoms. The third-order valence-corrected chi connectivity index (χ3v) is 1.22. The smallest absolute Gasteiger partial charge is 0.130 e. The lowest BCUT2D eigenvalue weighted by molar-refractivity contribution is -0.163. The molecule has 0 aliphatic heterocycles. The van der Waals surface area contributed by atoms with Crippen LogP contribution in [-0.4, -0.2) is 14.2 Å². The number of rotatable bonds is 6. The van der Waals surface area contributed by atoms with Crippen LogP contribution in [0.15, 0.2) is 0 Å². The van der Waals surface area contributed by atoms with Gasteiger partial charge in [0.2, 0.25) is 0 Å². The summed E-state index contributed by atoms with van der Waals surface area (Å²) in [6.45, 7) is 0. The summed E-state index contributed by atoms with van der Waals surface area (Å²) in [6.07, 6.45) is 0. The predicted octanol–water partition coefficient (Wildman–Crippen LogP) is 0.858. The fourth-order valence-corrected chi connectivity index (χ4v) is 0.579. The molecule has 0 aliphatic rings. The first kappa shape index (κ1) is 9.50. The Bertz CT molecular complexity index is 49.8. The van der Waals surface area contributed by atoms with Crippen molar-refractivity contribution in [1.29, 1.82) is 0 Å². The summed E-state index contributed by atoms with van der Waals surface area (Å²) in [5.41, 5.74) is 0. The van der Waals surface area contributed by atoms with Gasteiger partial charge in [0.15, 0.2) is 0 Å². The van der Waals surface area contributed by atoms with Crippen molar-refractivity contribution in [3.63, 3.8) is 0 Å². The van der Waals surface area contributed by atoms with E-state index in [1.165, 1.54) is 14.2 Å². The zero-order valence-corrected chi connectivity index (χ0v) is 6.58. The van der Waals surface area contributed by atoms with E-state index < -0.39 is 0 Å². The van der Waals surface area contributed by atoms with E-state index in [0.717, 1.165) is 24.5 Å². The minimum atomic E-state index is 0.879. The summed E-state index contributed by atoms with van der Waals surface area (Å²) >= 11 is 1.76. The van der Waals surface area contributed by atoms with Crippen molar-refractivity contribution in [2.75, 3.05) is 14.2 Å². The first-order chi connectivity index (χ1) is 4.41. The molecule has 1 N–H and O–H groups in total. The van der Waals surface area contributed by atoms with Gasteiger partial charge in [-0.05, 0) is 0 Å². The summed E-state index contributed by atoms with van der Waals surface area (Å²) in [5, 5.41) is 0. The molecule has 0 radical (unpaired) electrons.